The van der Waals surface area contributed by atoms with Crippen LogP contribution >= 0.6 is 0 Å². The topological polar surface area (TPSA) is 581 Å². The summed E-state index contributed by atoms with van der Waals surface area (Å²) in [4.78, 5) is 210. The molecule has 0 spiro atoms. The van der Waals surface area contributed by atoms with Crippen LogP contribution in [0.25, 0.3) is 44.6 Å². The zero-order valence-corrected chi connectivity index (χ0v) is 73.6. The SMILES string of the molecule is CCc1c2c(nc3cc(F)c(OCNC(=O)OCc4ccc(NC(=O)[C@H](C)NC(=O)[C@H](C)NC(=O)CN(CCN5C(=O)C=CC5=O)CC(=O)NCCC(=O)N(C)CC(=O)Nc5cc(COC(=O)NCOc6cc7c(CC)c8c(nc7cc6F)-c6cc7c(c(=O)n6C8)COC(=O)[C@]7(O)CC)ccc5O[C@@H]5O[C@H](C(=O)O)[C@@H](O)[C@H](O)[C@H]5O)cc4)cc13)-c1cc3c(c(=O)n1C2)COC(=O)[C@]3(O)CC. The van der Waals surface area contributed by atoms with Crippen molar-refractivity contribution in [3.05, 3.63) is 179 Å². The second-order valence-electron chi connectivity index (χ2n) is 32.6. The first kappa shape index (κ1) is 96.3. The Balaban J connectivity index is 0.526. The molecule has 8 aromatic rings. The number of hydrogen-bond donors (Lipinski definition) is 13. The number of nitrogens with zero attached hydrogens (tertiary/aromatic N) is 7. The highest BCUT2D eigenvalue weighted by atomic mass is 19.1. The highest BCUT2D eigenvalue weighted by molar-refractivity contribution is 6.13. The zero-order chi connectivity index (χ0) is 97.1. The van der Waals surface area contributed by atoms with Crippen molar-refractivity contribution in [3.8, 4) is 40.0 Å². The molecule has 6 aliphatic rings. The lowest BCUT2D eigenvalue weighted by Gasteiger charge is -2.38. The van der Waals surface area contributed by atoms with Gasteiger partial charge in [-0.2, -0.15) is 0 Å². The van der Waals surface area contributed by atoms with Gasteiger partial charge in [0.25, 0.3) is 22.9 Å². The van der Waals surface area contributed by atoms with Crippen molar-refractivity contribution < 1.29 is 140 Å². The number of nitrogens with one attached hydrogen (secondary N) is 7. The molecule has 0 saturated carbocycles. The van der Waals surface area contributed by atoms with Gasteiger partial charge in [-0.05, 0) is 110 Å². The second-order valence-corrected chi connectivity index (χ2v) is 32.6. The average Bonchev–Trinajstić information content (AvgIpc) is 1.65. The Morgan fingerprint density at radius 2 is 1.10 bits per heavy atom. The lowest BCUT2D eigenvalue weighted by atomic mass is 9.86. The Hall–Kier alpha value is -14.8. The lowest BCUT2D eigenvalue weighted by Crippen LogP contribution is -2.61. The number of halogens is 2. The fraction of sp³-hybridized carbons (Fsp3) is 0.389. The van der Waals surface area contributed by atoms with Gasteiger partial charge >= 0.3 is 30.1 Å². The van der Waals surface area contributed by atoms with Crippen molar-refractivity contribution in [1.82, 2.24) is 60.4 Å². The minimum atomic E-state index is -2.11. The summed E-state index contributed by atoms with van der Waals surface area (Å²) in [5, 5.41) is 82.4. The highest BCUT2D eigenvalue weighted by Gasteiger charge is 2.50. The number of amides is 10. The summed E-state index contributed by atoms with van der Waals surface area (Å²) in [6.45, 7) is 4.35. The zero-order valence-electron chi connectivity index (χ0n) is 73.6. The summed E-state index contributed by atoms with van der Waals surface area (Å²) in [6.07, 6.45) is -10.1. The first-order valence-electron chi connectivity index (χ1n) is 42.8. The molecular weight excluding hydrogens is 1780 g/mol. The predicted molar refractivity (Wildman–Crippen MR) is 463 cm³/mol. The van der Waals surface area contributed by atoms with Crippen LogP contribution in [0.4, 0.5) is 29.7 Å². The third-order valence-corrected chi connectivity index (χ3v) is 23.9. The number of aliphatic hydroxyl groups excluding tert-OH is 3. The molecule has 43 nitrogen and oxygen atoms in total. The molecule has 4 aromatic carbocycles. The van der Waals surface area contributed by atoms with Crippen molar-refractivity contribution in [2.75, 3.05) is 70.4 Å². The first-order chi connectivity index (χ1) is 64.3. The Kier molecular flexibility index (Phi) is 28.5. The standard InChI is InChI=1S/C90H94F2N14O29/c1-8-47-49-25-65(57(91)29-59(49)100-73-51(47)31-105-62(73)27-55-53(81(105)118)38-128-85(122)89(55,126)10-3)132-40-94-87(124)130-36-44-12-15-46(16-13-44)98-80(117)43(6)97-79(116)42(5)96-69(109)35-103(22-23-104-71(111)18-19-72(104)112)34-67(107)93-21-20-70(110)102(7)33-68(108)99-61-24-45(14-17-64(61)134-84-77(115)75(113)76(114)78(135-84)83(120)121)37-131-88(125)95-41-133-66-26-50-48(9-2)52-32-106-63(74(52)101-60(50)30-58(66)92)28-56-54(82(106)119)39-129-86(123)90(56,127)11-4/h12-19,24-30,42-43,75-78,84,113-115,126-127H,8-11,20-23,31-41H2,1-7H3,(H,93,107)(H,94,124)(H,95,125)(H,96,109)(H,97,116)(H,98,117)(H,99,108)(H,120,121)/t42-,43-,75-,76-,77+,78-,84+,89-,90-/m0/s1. The van der Waals surface area contributed by atoms with Crippen molar-refractivity contribution >= 4 is 111 Å². The van der Waals surface area contributed by atoms with Crippen LogP contribution in [0, 0.1) is 11.6 Å². The molecule has 14 rings (SSSR count). The van der Waals surface area contributed by atoms with Gasteiger partial charge in [-0.3, -0.25) is 68.4 Å². The minimum Gasteiger partial charge on any atom is -0.479 e. The number of anilines is 2. The number of hydrogen-bond acceptors (Lipinski definition) is 31. The van der Waals surface area contributed by atoms with Crippen molar-refractivity contribution in [2.24, 2.45) is 0 Å². The molecule has 0 unspecified atom stereocenters. The number of aliphatic carboxylic acids is 1. The van der Waals surface area contributed by atoms with E-state index in [2.05, 4.69) is 37.2 Å². The van der Waals surface area contributed by atoms with Crippen molar-refractivity contribution in [2.45, 2.75) is 167 Å². The van der Waals surface area contributed by atoms with Gasteiger partial charge in [-0.25, -0.2) is 42.7 Å². The molecule has 135 heavy (non-hydrogen) atoms. The number of esters is 2. The fourth-order valence-corrected chi connectivity index (χ4v) is 16.5. The Labute approximate surface area is 763 Å². The van der Waals surface area contributed by atoms with E-state index in [1.807, 2.05) is 13.8 Å². The van der Waals surface area contributed by atoms with Crippen molar-refractivity contribution in [3.63, 3.8) is 0 Å². The van der Waals surface area contributed by atoms with Gasteiger partial charge in [-0.1, -0.05) is 45.9 Å². The number of alkyl carbamates (subject to hydrolysis) is 2. The second kappa shape index (κ2) is 40.0. The summed E-state index contributed by atoms with van der Waals surface area (Å²) in [7, 11) is 1.23. The summed E-state index contributed by atoms with van der Waals surface area (Å²) >= 11 is 0. The maximum atomic E-state index is 15.9. The number of ether oxygens (including phenoxy) is 8. The number of imide groups is 1. The quantitative estimate of drug-likeness (QED) is 0.0116. The molecule has 13 N–H and O–H groups in total. The van der Waals surface area contributed by atoms with E-state index in [1.165, 1.54) is 95.6 Å². The number of aromatic nitrogens is 4. The largest absolute Gasteiger partial charge is 0.479 e. The first-order valence-corrected chi connectivity index (χ1v) is 42.8. The minimum absolute atomic E-state index is 0.0451. The molecule has 9 atom stereocenters. The molecular formula is C90H94F2N14O29. The molecule has 712 valence electrons. The number of rotatable bonds is 35. The molecule has 4 aromatic heterocycles. The maximum absolute atomic E-state index is 15.9. The summed E-state index contributed by atoms with van der Waals surface area (Å²) < 4.78 is 77.9. The number of carbonyl (C=O) groups excluding carboxylic acids is 12. The molecule has 10 heterocycles. The number of carboxylic acid groups (broad SMARTS) is 1. The molecule has 0 radical (unpaired) electrons. The third kappa shape index (κ3) is 20.0. The molecule has 0 bridgehead atoms. The number of aliphatic hydroxyl groups is 5. The van der Waals surface area contributed by atoms with E-state index in [4.69, 9.17) is 47.9 Å². The van der Waals surface area contributed by atoms with Gasteiger partial charge in [0, 0.05) is 96.1 Å². The van der Waals surface area contributed by atoms with E-state index in [0.29, 0.717) is 68.6 Å². The van der Waals surface area contributed by atoms with Gasteiger partial charge in [0.15, 0.2) is 53.9 Å². The molecule has 0 aliphatic carbocycles. The highest BCUT2D eigenvalue weighted by Crippen LogP contribution is 2.45. The molecule has 1 fully saturated rings. The average molecular weight is 1870 g/mol. The van der Waals surface area contributed by atoms with Crippen LogP contribution in [0.2, 0.25) is 0 Å². The fourth-order valence-electron chi connectivity index (χ4n) is 16.5. The van der Waals surface area contributed by atoms with E-state index in [9.17, 15) is 103 Å². The lowest BCUT2D eigenvalue weighted by molar-refractivity contribution is -0.271. The van der Waals surface area contributed by atoms with E-state index in [-0.39, 0.29) is 133 Å². The molecule has 45 heteroatoms. The van der Waals surface area contributed by atoms with Crippen LogP contribution in [0.5, 0.6) is 17.2 Å². The molecule has 10 amide bonds. The summed E-state index contributed by atoms with van der Waals surface area (Å²) in [5.41, 5.74) is 0.676. The van der Waals surface area contributed by atoms with E-state index in [0.717, 1.165) is 39.6 Å². The number of fused-ring (bicyclic) bond motifs is 10. The van der Waals surface area contributed by atoms with Crippen LogP contribution in [0.3, 0.4) is 0 Å². The Bertz CT molecular complexity index is 6350. The van der Waals surface area contributed by atoms with Crippen LogP contribution in [0.15, 0.2) is 101 Å². The van der Waals surface area contributed by atoms with Crippen LogP contribution in [-0.4, -0.2) is 244 Å². The number of aryl methyl sites for hydroxylation is 2. The van der Waals surface area contributed by atoms with Gasteiger partial charge in [0.2, 0.25) is 41.7 Å². The number of benzene rings is 4. The number of carboxylic acids is 1. The van der Waals surface area contributed by atoms with E-state index in [1.54, 1.807) is 19.9 Å². The number of pyridine rings is 4. The van der Waals surface area contributed by atoms with Crippen LogP contribution in [-0.2, 0) is 140 Å². The van der Waals surface area contributed by atoms with Gasteiger partial charge in [0.05, 0.1) is 83.3 Å². The van der Waals surface area contributed by atoms with Crippen LogP contribution in [0.1, 0.15) is 116 Å². The van der Waals surface area contributed by atoms with E-state index >= 15 is 8.78 Å². The number of cyclic esters (lactones) is 2. The number of likely N-dealkylation sites (N-methyl/N-ethyl adjacent to an activating group) is 1. The Morgan fingerprint density at radius 3 is 1.61 bits per heavy atom. The van der Waals surface area contributed by atoms with Crippen LogP contribution < -0.4 is 62.5 Å². The monoisotopic (exact) mass is 1870 g/mol. The Morgan fingerprint density at radius 1 is 0.585 bits per heavy atom. The molecule has 6 aliphatic heterocycles. The maximum Gasteiger partial charge on any atom is 0.410 e. The van der Waals surface area contributed by atoms with Gasteiger partial charge in [-0.15, -0.1) is 0 Å². The van der Waals surface area contributed by atoms with Gasteiger partial charge < -0.3 is 109 Å². The number of carbonyl (C=O) groups is 13. The van der Waals surface area contributed by atoms with Crippen molar-refractivity contribution in [1.29, 1.82) is 0 Å². The van der Waals surface area contributed by atoms with E-state index < -0.39 is 200 Å². The smallest absolute Gasteiger partial charge is 0.410 e. The van der Waals surface area contributed by atoms with Gasteiger partial charge in [0.1, 0.15) is 62.6 Å². The third-order valence-electron chi connectivity index (χ3n) is 23.9. The molecule has 1 saturated heterocycles. The normalized spacial score (nSPS) is 19.2. The summed E-state index contributed by atoms with van der Waals surface area (Å²) in [5.74, 6) is -12.1. The predicted octanol–water partition coefficient (Wildman–Crippen LogP) is 1.45. The summed E-state index contributed by atoms with van der Waals surface area (Å²) in [6, 6.07) is 15.5.